The van der Waals surface area contributed by atoms with Gasteiger partial charge in [-0.05, 0) is 41.7 Å². The van der Waals surface area contributed by atoms with Crippen LogP contribution in [0.4, 0.5) is 0 Å². The maximum Gasteiger partial charge on any atom is 0.223 e. The zero-order valence-corrected chi connectivity index (χ0v) is 18.2. The van der Waals surface area contributed by atoms with Gasteiger partial charge in [0.25, 0.3) is 0 Å². The Bertz CT molecular complexity index is 1250. The van der Waals surface area contributed by atoms with Crippen molar-refractivity contribution in [2.24, 2.45) is 7.05 Å². The van der Waals surface area contributed by atoms with Crippen LogP contribution in [-0.4, -0.2) is 21.9 Å². The Morgan fingerprint density at radius 1 is 0.968 bits per heavy atom. The van der Waals surface area contributed by atoms with Crippen molar-refractivity contribution < 1.29 is 4.79 Å². The fourth-order valence-corrected chi connectivity index (χ4v) is 4.96. The molecule has 0 fully saturated rings. The Labute approximate surface area is 183 Å². The van der Waals surface area contributed by atoms with Gasteiger partial charge in [-0.25, -0.2) is 0 Å². The topological polar surface area (TPSA) is 25.2 Å². The van der Waals surface area contributed by atoms with Gasteiger partial charge in [0.15, 0.2) is 0 Å². The minimum Gasteiger partial charge on any atom is -0.350 e. The Balaban J connectivity index is 1.50. The zero-order chi connectivity index (χ0) is 21.4. The van der Waals surface area contributed by atoms with Gasteiger partial charge in [0.1, 0.15) is 0 Å². The van der Waals surface area contributed by atoms with E-state index in [-0.39, 0.29) is 11.8 Å². The summed E-state index contributed by atoms with van der Waals surface area (Å²) in [6.07, 6.45) is 3.63. The Morgan fingerprint density at radius 2 is 1.74 bits per heavy atom. The molecule has 1 aromatic heterocycles. The molecule has 0 bridgehead atoms. The molecule has 0 aliphatic carbocycles. The summed E-state index contributed by atoms with van der Waals surface area (Å²) in [5, 5.41) is 1.23. The van der Waals surface area contributed by atoms with Crippen LogP contribution in [0.1, 0.15) is 40.2 Å². The Hall–Kier alpha value is -3.33. The van der Waals surface area contributed by atoms with Crippen molar-refractivity contribution in [3.63, 3.8) is 0 Å². The van der Waals surface area contributed by atoms with Gasteiger partial charge in [-0.3, -0.25) is 4.79 Å². The van der Waals surface area contributed by atoms with E-state index < -0.39 is 0 Å². The highest BCUT2D eigenvalue weighted by molar-refractivity contribution is 5.86. The van der Waals surface area contributed by atoms with Crippen molar-refractivity contribution in [2.75, 3.05) is 6.54 Å². The molecule has 1 aliphatic rings. The lowest BCUT2D eigenvalue weighted by molar-refractivity contribution is -0.132. The zero-order valence-electron chi connectivity index (χ0n) is 18.2. The maximum absolute atomic E-state index is 13.5. The first-order valence-corrected chi connectivity index (χ1v) is 11.1. The summed E-state index contributed by atoms with van der Waals surface area (Å²) in [5.41, 5.74) is 7.52. The van der Waals surface area contributed by atoms with Crippen LogP contribution in [-0.2, 0) is 24.8 Å². The van der Waals surface area contributed by atoms with Gasteiger partial charge in [0, 0.05) is 49.6 Å². The molecule has 1 atom stereocenters. The van der Waals surface area contributed by atoms with Crippen LogP contribution in [0, 0.1) is 6.92 Å². The average Bonchev–Trinajstić information content (AvgIpc) is 3.13. The largest absolute Gasteiger partial charge is 0.350 e. The summed E-state index contributed by atoms with van der Waals surface area (Å²) in [5.74, 6) is 0.268. The first-order chi connectivity index (χ1) is 15.1. The van der Waals surface area contributed by atoms with E-state index in [1.54, 1.807) is 0 Å². The summed E-state index contributed by atoms with van der Waals surface area (Å²) < 4.78 is 2.18. The van der Waals surface area contributed by atoms with Crippen molar-refractivity contribution in [2.45, 2.75) is 32.2 Å². The average molecular weight is 409 g/mol. The summed E-state index contributed by atoms with van der Waals surface area (Å²) >= 11 is 0. The highest BCUT2D eigenvalue weighted by atomic mass is 16.2. The van der Waals surface area contributed by atoms with Crippen LogP contribution in [0.5, 0.6) is 0 Å². The van der Waals surface area contributed by atoms with E-state index in [0.717, 1.165) is 13.0 Å². The summed E-state index contributed by atoms with van der Waals surface area (Å²) in [4.78, 5) is 15.5. The quantitative estimate of drug-likeness (QED) is 0.432. The number of rotatable bonds is 4. The van der Waals surface area contributed by atoms with Crippen molar-refractivity contribution in [3.05, 3.63) is 107 Å². The fraction of sp³-hybridized carbons (Fsp3) is 0.250. The number of benzene rings is 3. The smallest absolute Gasteiger partial charge is 0.223 e. The number of para-hydroxylation sites is 1. The molecule has 0 saturated carbocycles. The van der Waals surface area contributed by atoms with Crippen LogP contribution in [0.25, 0.3) is 10.9 Å². The van der Waals surface area contributed by atoms with Gasteiger partial charge < -0.3 is 9.47 Å². The molecule has 1 amide bonds. The van der Waals surface area contributed by atoms with Crippen LogP contribution >= 0.6 is 0 Å². The second-order valence-electron chi connectivity index (χ2n) is 8.72. The van der Waals surface area contributed by atoms with Gasteiger partial charge in [0.05, 0.1) is 0 Å². The van der Waals surface area contributed by atoms with Gasteiger partial charge in [0.2, 0.25) is 5.91 Å². The number of nitrogens with zero attached hydrogens (tertiary/aromatic N) is 2. The van der Waals surface area contributed by atoms with E-state index in [1.807, 2.05) is 4.90 Å². The minimum absolute atomic E-state index is 0.0377. The molecule has 0 spiro atoms. The molecule has 3 aromatic carbocycles. The third-order valence-electron chi connectivity index (χ3n) is 6.61. The standard InChI is InChI=1S/C28H28N2O/c1-20-8-7-11-22(16-20)25(26-19-29(2)27-13-6-5-12-24(26)27)17-28(31)30-15-14-21-9-3-4-10-23(21)18-30/h3-13,16,19,25H,14-15,17-18H2,1-2H3. The van der Waals surface area contributed by atoms with E-state index >= 15 is 0 Å². The van der Waals surface area contributed by atoms with Crippen LogP contribution < -0.4 is 0 Å². The number of hydrogen-bond donors (Lipinski definition) is 0. The third kappa shape index (κ3) is 3.76. The lowest BCUT2D eigenvalue weighted by Crippen LogP contribution is -2.36. The number of hydrogen-bond acceptors (Lipinski definition) is 1. The monoisotopic (exact) mass is 408 g/mol. The van der Waals surface area contributed by atoms with Gasteiger partial charge in [-0.1, -0.05) is 72.3 Å². The molecule has 156 valence electrons. The van der Waals surface area contributed by atoms with Crippen LogP contribution in [0.15, 0.2) is 79.0 Å². The number of fused-ring (bicyclic) bond motifs is 2. The predicted octanol–water partition coefficient (Wildman–Crippen LogP) is 5.59. The fourth-order valence-electron chi connectivity index (χ4n) is 4.96. The Kier molecular flexibility index (Phi) is 5.11. The number of carbonyl (C=O) groups is 1. The third-order valence-corrected chi connectivity index (χ3v) is 6.61. The molecule has 5 rings (SSSR count). The molecule has 1 unspecified atom stereocenters. The Morgan fingerprint density at radius 3 is 2.58 bits per heavy atom. The normalized spacial score (nSPS) is 14.5. The van der Waals surface area contributed by atoms with Gasteiger partial charge in [-0.15, -0.1) is 0 Å². The summed E-state index contributed by atoms with van der Waals surface area (Å²) in [6, 6.07) is 25.6. The summed E-state index contributed by atoms with van der Waals surface area (Å²) in [6.45, 7) is 3.63. The van der Waals surface area contributed by atoms with E-state index in [0.29, 0.717) is 13.0 Å². The van der Waals surface area contributed by atoms with Gasteiger partial charge >= 0.3 is 0 Å². The molecule has 0 radical (unpaired) electrons. The van der Waals surface area contributed by atoms with Crippen molar-refractivity contribution in [1.82, 2.24) is 9.47 Å². The molecular formula is C28H28N2O. The minimum atomic E-state index is 0.0377. The molecule has 3 heteroatoms. The van der Waals surface area contributed by atoms with E-state index in [4.69, 9.17) is 0 Å². The second-order valence-corrected chi connectivity index (χ2v) is 8.72. The molecule has 1 aliphatic heterocycles. The van der Waals surface area contributed by atoms with Crippen LogP contribution in [0.2, 0.25) is 0 Å². The van der Waals surface area contributed by atoms with Crippen molar-refractivity contribution >= 4 is 16.8 Å². The van der Waals surface area contributed by atoms with Crippen molar-refractivity contribution in [1.29, 1.82) is 0 Å². The molecule has 3 nitrogen and oxygen atoms in total. The van der Waals surface area contributed by atoms with E-state index in [9.17, 15) is 4.79 Å². The number of carbonyl (C=O) groups excluding carboxylic acids is 1. The van der Waals surface area contributed by atoms with E-state index in [1.165, 1.54) is 38.7 Å². The molecule has 0 saturated heterocycles. The van der Waals surface area contributed by atoms with E-state index in [2.05, 4.69) is 97.5 Å². The molecular weight excluding hydrogens is 380 g/mol. The maximum atomic E-state index is 13.5. The SMILES string of the molecule is Cc1cccc(C(CC(=O)N2CCc3ccccc3C2)c2cn(C)c3ccccc23)c1. The number of aryl methyl sites for hydroxylation is 2. The van der Waals surface area contributed by atoms with Gasteiger partial charge in [-0.2, -0.15) is 0 Å². The van der Waals surface area contributed by atoms with Crippen molar-refractivity contribution in [3.8, 4) is 0 Å². The lowest BCUT2D eigenvalue weighted by Gasteiger charge is -2.30. The predicted molar refractivity (Wildman–Crippen MR) is 126 cm³/mol. The summed E-state index contributed by atoms with van der Waals surface area (Å²) in [7, 11) is 2.09. The number of amides is 1. The lowest BCUT2D eigenvalue weighted by atomic mass is 9.87. The highest BCUT2D eigenvalue weighted by Gasteiger charge is 2.27. The van der Waals surface area contributed by atoms with Crippen LogP contribution in [0.3, 0.4) is 0 Å². The molecule has 0 N–H and O–H groups in total. The molecule has 2 heterocycles. The molecule has 4 aromatic rings. The number of aromatic nitrogens is 1. The first kappa shape index (κ1) is 19.6. The second kappa shape index (κ2) is 8.07. The first-order valence-electron chi connectivity index (χ1n) is 11.1. The molecule has 31 heavy (non-hydrogen) atoms. The highest BCUT2D eigenvalue weighted by Crippen LogP contribution is 2.35.